The van der Waals surface area contributed by atoms with Crippen molar-refractivity contribution >= 4 is 39.8 Å². The molecule has 2 saturated heterocycles. The molecule has 3 fully saturated rings. The Morgan fingerprint density at radius 1 is 1.06 bits per heavy atom. The molecule has 1 aliphatic carbocycles. The van der Waals surface area contributed by atoms with Crippen LogP contribution in [0.15, 0.2) is 48.6 Å². The lowest BCUT2D eigenvalue weighted by Crippen LogP contribution is -2.56. The number of amides is 1. The Morgan fingerprint density at radius 2 is 1.83 bits per heavy atom. The van der Waals surface area contributed by atoms with Crippen LogP contribution in [0, 0.1) is 11.3 Å². The number of anilines is 2. The number of benzene rings is 2. The van der Waals surface area contributed by atoms with Gasteiger partial charge >= 0.3 is 6.01 Å². The summed E-state index contributed by atoms with van der Waals surface area (Å²) in [6.45, 7) is 13.4. The highest BCUT2D eigenvalue weighted by atomic mass is 35.5. The van der Waals surface area contributed by atoms with E-state index in [9.17, 15) is 10.1 Å². The van der Waals surface area contributed by atoms with Gasteiger partial charge in [0.1, 0.15) is 12.4 Å². The van der Waals surface area contributed by atoms with Crippen molar-refractivity contribution in [2.75, 3.05) is 75.8 Å². The molecule has 11 heteroatoms. The molecule has 0 bridgehead atoms. The average molecular weight is 655 g/mol. The standard InChI is InChI=1S/C36H43ClN8O2/c1-25(2)34(46)45-21-18-43(22-27(45)10-14-38)33-28-11-15-42(31-9-5-7-26-6-4-8-29(37)32(26)31)23-30(28)39-35(40-33)47-24-36(12-13-36)44-19-16-41(3)17-20-44/h4-9,27H,1,10-13,15-24H2,2-3H3. The van der Waals surface area contributed by atoms with Crippen LogP contribution in [0.5, 0.6) is 6.01 Å². The van der Waals surface area contributed by atoms with Gasteiger partial charge in [0.2, 0.25) is 5.91 Å². The average Bonchev–Trinajstić information content (AvgIpc) is 3.88. The fourth-order valence-electron chi connectivity index (χ4n) is 7.48. The first-order valence-corrected chi connectivity index (χ1v) is 17.1. The monoisotopic (exact) mass is 654 g/mol. The van der Waals surface area contributed by atoms with Gasteiger partial charge in [0.25, 0.3) is 0 Å². The second-order valence-electron chi connectivity index (χ2n) is 13.6. The van der Waals surface area contributed by atoms with E-state index < -0.39 is 0 Å². The normalized spacial score (nSPS) is 21.3. The molecule has 2 aromatic carbocycles. The Bertz CT molecular complexity index is 1720. The number of hydrogen-bond donors (Lipinski definition) is 0. The number of nitrogens with zero attached hydrogens (tertiary/aromatic N) is 8. The highest BCUT2D eigenvalue weighted by molar-refractivity contribution is 6.36. The Morgan fingerprint density at radius 3 is 2.55 bits per heavy atom. The zero-order valence-electron chi connectivity index (χ0n) is 27.4. The number of carbonyl (C=O) groups is 1. The molecule has 47 heavy (non-hydrogen) atoms. The number of rotatable bonds is 8. The minimum atomic E-state index is -0.252. The number of ether oxygens (including phenoxy) is 1. The van der Waals surface area contributed by atoms with Crippen LogP contribution < -0.4 is 14.5 Å². The smallest absolute Gasteiger partial charge is 0.318 e. The summed E-state index contributed by atoms with van der Waals surface area (Å²) >= 11 is 6.75. The minimum absolute atomic E-state index is 0.0544. The second-order valence-corrected chi connectivity index (χ2v) is 14.0. The van der Waals surface area contributed by atoms with E-state index in [1.54, 1.807) is 11.8 Å². The van der Waals surface area contributed by atoms with Gasteiger partial charge in [-0.05, 0) is 50.8 Å². The number of fused-ring (bicyclic) bond motifs is 2. The SMILES string of the molecule is C=C(C)C(=O)N1CCN(c2nc(OCC3(N4CCN(C)CC4)CC3)nc3c2CCN(c2cccc4cccc(Cl)c24)C3)CC1CC#N. The molecule has 3 aliphatic heterocycles. The first-order valence-electron chi connectivity index (χ1n) is 16.7. The summed E-state index contributed by atoms with van der Waals surface area (Å²) in [7, 11) is 2.18. The Kier molecular flexibility index (Phi) is 8.73. The highest BCUT2D eigenvalue weighted by Crippen LogP contribution is 2.43. The zero-order valence-corrected chi connectivity index (χ0v) is 28.2. The van der Waals surface area contributed by atoms with Crippen molar-refractivity contribution < 1.29 is 9.53 Å². The van der Waals surface area contributed by atoms with Gasteiger partial charge in [-0.25, -0.2) is 0 Å². The van der Waals surface area contributed by atoms with Crippen LogP contribution >= 0.6 is 11.6 Å². The van der Waals surface area contributed by atoms with Crippen LogP contribution in [0.25, 0.3) is 10.8 Å². The van der Waals surface area contributed by atoms with Gasteiger partial charge in [-0.3, -0.25) is 9.69 Å². The maximum absolute atomic E-state index is 13.0. The van der Waals surface area contributed by atoms with E-state index in [1.807, 2.05) is 12.1 Å². The van der Waals surface area contributed by atoms with Gasteiger partial charge in [0, 0.05) is 74.6 Å². The molecule has 0 N–H and O–H groups in total. The quantitative estimate of drug-likeness (QED) is 0.326. The summed E-state index contributed by atoms with van der Waals surface area (Å²) in [6.07, 6.45) is 3.25. The molecule has 1 aromatic heterocycles. The first-order chi connectivity index (χ1) is 22.8. The first kappa shape index (κ1) is 31.7. The molecule has 10 nitrogen and oxygen atoms in total. The number of piperazine rings is 2. The number of nitriles is 1. The molecule has 4 heterocycles. The molecule has 0 radical (unpaired) electrons. The topological polar surface area (TPSA) is 92.1 Å². The Labute approximate surface area is 282 Å². The fourth-order valence-corrected chi connectivity index (χ4v) is 7.75. The maximum Gasteiger partial charge on any atom is 0.318 e. The van der Waals surface area contributed by atoms with E-state index in [-0.39, 0.29) is 23.9 Å². The molecular formula is C36H43ClN8O2. The Hall–Kier alpha value is -3.91. The fraction of sp³-hybridized carbons (Fsp3) is 0.500. The van der Waals surface area contributed by atoms with Crippen molar-refractivity contribution in [2.45, 2.75) is 50.7 Å². The van der Waals surface area contributed by atoms with Crippen LogP contribution in [0.3, 0.4) is 0 Å². The zero-order chi connectivity index (χ0) is 32.7. The molecule has 7 rings (SSSR count). The van der Waals surface area contributed by atoms with Gasteiger partial charge in [0.15, 0.2) is 0 Å². The molecule has 4 aliphatic rings. The van der Waals surface area contributed by atoms with Crippen molar-refractivity contribution in [1.82, 2.24) is 24.7 Å². The van der Waals surface area contributed by atoms with E-state index in [1.165, 1.54) is 0 Å². The number of aromatic nitrogens is 2. The molecule has 3 aromatic rings. The van der Waals surface area contributed by atoms with Gasteiger partial charge in [-0.2, -0.15) is 15.2 Å². The third kappa shape index (κ3) is 6.24. The van der Waals surface area contributed by atoms with E-state index in [0.717, 1.165) is 90.5 Å². The predicted octanol–water partition coefficient (Wildman–Crippen LogP) is 4.51. The van der Waals surface area contributed by atoms with Crippen LogP contribution in [-0.4, -0.2) is 108 Å². The number of hydrogen-bond acceptors (Lipinski definition) is 9. The number of carbonyl (C=O) groups excluding carboxylic acids is 1. The van der Waals surface area contributed by atoms with Gasteiger partial charge in [-0.1, -0.05) is 42.4 Å². The molecule has 1 atom stereocenters. The minimum Gasteiger partial charge on any atom is -0.461 e. The van der Waals surface area contributed by atoms with Gasteiger partial charge in [0.05, 0.1) is 41.3 Å². The van der Waals surface area contributed by atoms with Crippen LogP contribution in [0.2, 0.25) is 5.02 Å². The van der Waals surface area contributed by atoms with E-state index >= 15 is 0 Å². The lowest BCUT2D eigenvalue weighted by atomic mass is 10.0. The molecule has 1 saturated carbocycles. The summed E-state index contributed by atoms with van der Waals surface area (Å²) in [5.74, 6) is 0.761. The van der Waals surface area contributed by atoms with Crippen molar-refractivity contribution in [3.63, 3.8) is 0 Å². The van der Waals surface area contributed by atoms with Gasteiger partial charge in [-0.15, -0.1) is 0 Å². The van der Waals surface area contributed by atoms with Crippen molar-refractivity contribution in [1.29, 1.82) is 5.26 Å². The summed E-state index contributed by atoms with van der Waals surface area (Å²) in [5, 5.41) is 12.6. The van der Waals surface area contributed by atoms with Gasteiger partial charge < -0.3 is 24.3 Å². The molecule has 0 spiro atoms. The predicted molar refractivity (Wildman–Crippen MR) is 185 cm³/mol. The number of likely N-dealkylation sites (N-methyl/N-ethyl adjacent to an activating group) is 1. The summed E-state index contributed by atoms with van der Waals surface area (Å²) < 4.78 is 6.53. The van der Waals surface area contributed by atoms with E-state index in [0.29, 0.717) is 44.4 Å². The third-order valence-electron chi connectivity index (χ3n) is 10.4. The van der Waals surface area contributed by atoms with Crippen molar-refractivity contribution in [2.24, 2.45) is 0 Å². The van der Waals surface area contributed by atoms with Crippen LogP contribution in [-0.2, 0) is 17.8 Å². The van der Waals surface area contributed by atoms with E-state index in [2.05, 4.69) is 63.6 Å². The maximum atomic E-state index is 13.0. The Balaban J connectivity index is 1.20. The molecule has 1 amide bonds. The van der Waals surface area contributed by atoms with Crippen LogP contribution in [0.4, 0.5) is 11.5 Å². The summed E-state index contributed by atoms with van der Waals surface area (Å²) in [5.41, 5.74) is 3.69. The van der Waals surface area contributed by atoms with Crippen molar-refractivity contribution in [3.8, 4) is 12.1 Å². The second kappa shape index (κ2) is 12.9. The summed E-state index contributed by atoms with van der Waals surface area (Å²) in [4.78, 5) is 34.5. The molecule has 1 unspecified atom stereocenters. The van der Waals surface area contributed by atoms with Crippen molar-refractivity contribution in [3.05, 3.63) is 64.8 Å². The highest BCUT2D eigenvalue weighted by Gasteiger charge is 2.49. The third-order valence-corrected chi connectivity index (χ3v) is 10.7. The molecule has 246 valence electrons. The molecular weight excluding hydrogens is 612 g/mol. The number of halogens is 1. The lowest BCUT2D eigenvalue weighted by Gasteiger charge is -2.42. The summed E-state index contributed by atoms with van der Waals surface area (Å²) in [6, 6.07) is 14.8. The van der Waals surface area contributed by atoms with E-state index in [4.69, 9.17) is 26.3 Å². The van der Waals surface area contributed by atoms with Crippen LogP contribution in [0.1, 0.15) is 37.4 Å². The lowest BCUT2D eigenvalue weighted by molar-refractivity contribution is -0.129. The largest absolute Gasteiger partial charge is 0.461 e.